The van der Waals surface area contributed by atoms with E-state index in [0.29, 0.717) is 11.0 Å². The second-order valence-electron chi connectivity index (χ2n) is 4.66. The fourth-order valence-electron chi connectivity index (χ4n) is 2.18. The first-order valence-corrected chi connectivity index (χ1v) is 6.23. The zero-order chi connectivity index (χ0) is 15.0. The van der Waals surface area contributed by atoms with Gasteiger partial charge >= 0.3 is 7.12 Å². The quantitative estimate of drug-likeness (QED) is 0.822. The fourth-order valence-corrected chi connectivity index (χ4v) is 2.18. The van der Waals surface area contributed by atoms with Crippen LogP contribution in [0.2, 0.25) is 0 Å². The van der Waals surface area contributed by atoms with E-state index in [0.717, 1.165) is 12.1 Å². The van der Waals surface area contributed by atoms with Crippen molar-refractivity contribution in [1.82, 2.24) is 0 Å². The molecule has 2 aromatic carbocycles. The smallest absolute Gasteiger partial charge is 0.423 e. The van der Waals surface area contributed by atoms with Crippen molar-refractivity contribution in [2.75, 3.05) is 5.32 Å². The van der Waals surface area contributed by atoms with Gasteiger partial charge < -0.3 is 15.0 Å². The zero-order valence-electron chi connectivity index (χ0n) is 10.8. The highest BCUT2D eigenvalue weighted by Crippen LogP contribution is 2.17. The van der Waals surface area contributed by atoms with Gasteiger partial charge in [0.05, 0.1) is 12.2 Å². The number of halogens is 2. The van der Waals surface area contributed by atoms with Gasteiger partial charge in [-0.05, 0) is 41.4 Å². The molecule has 0 fully saturated rings. The molecule has 4 nitrogen and oxygen atoms in total. The Balaban J connectivity index is 1.90. The highest BCUT2D eigenvalue weighted by atomic mass is 19.1. The molecule has 0 atom stereocenters. The predicted molar refractivity (Wildman–Crippen MR) is 73.1 cm³/mol. The minimum Gasteiger partial charge on any atom is -0.423 e. The van der Waals surface area contributed by atoms with Crippen molar-refractivity contribution in [3.05, 3.63) is 59.2 Å². The third kappa shape index (κ3) is 2.65. The minimum atomic E-state index is -1.17. The van der Waals surface area contributed by atoms with Gasteiger partial charge in [-0.2, -0.15) is 0 Å². The van der Waals surface area contributed by atoms with E-state index in [1.54, 1.807) is 0 Å². The molecule has 0 saturated carbocycles. The lowest BCUT2D eigenvalue weighted by Gasteiger charge is -2.08. The maximum atomic E-state index is 13.9. The van der Waals surface area contributed by atoms with E-state index in [4.69, 9.17) is 4.65 Å². The van der Waals surface area contributed by atoms with E-state index in [9.17, 15) is 18.6 Å². The van der Waals surface area contributed by atoms with Gasteiger partial charge in [0, 0.05) is 5.69 Å². The molecular formula is C14H10BF2NO3. The van der Waals surface area contributed by atoms with Crippen molar-refractivity contribution in [3.8, 4) is 0 Å². The molecule has 1 heterocycles. The van der Waals surface area contributed by atoms with Crippen molar-refractivity contribution in [2.45, 2.75) is 6.61 Å². The van der Waals surface area contributed by atoms with Gasteiger partial charge in [0.2, 0.25) is 0 Å². The Kier molecular flexibility index (Phi) is 3.44. The molecule has 0 aliphatic carbocycles. The van der Waals surface area contributed by atoms with Crippen LogP contribution in [0.5, 0.6) is 0 Å². The van der Waals surface area contributed by atoms with Crippen LogP contribution in [-0.2, 0) is 11.3 Å². The molecule has 0 unspecified atom stereocenters. The normalized spacial score (nSPS) is 13.2. The number of benzene rings is 2. The number of fused-ring (bicyclic) bond motifs is 1. The largest absolute Gasteiger partial charge is 0.491 e. The van der Waals surface area contributed by atoms with Gasteiger partial charge in [-0.1, -0.05) is 6.07 Å². The number of amides is 1. The van der Waals surface area contributed by atoms with Crippen LogP contribution in [0.4, 0.5) is 14.5 Å². The Bertz CT molecular complexity index is 723. The molecular weight excluding hydrogens is 279 g/mol. The van der Waals surface area contributed by atoms with Crippen LogP contribution in [0.25, 0.3) is 0 Å². The molecule has 0 radical (unpaired) electrons. The van der Waals surface area contributed by atoms with Crippen molar-refractivity contribution in [2.24, 2.45) is 0 Å². The summed E-state index contributed by atoms with van der Waals surface area (Å²) in [7, 11) is -1.17. The monoisotopic (exact) mass is 289 g/mol. The van der Waals surface area contributed by atoms with Crippen molar-refractivity contribution in [3.63, 3.8) is 0 Å². The maximum absolute atomic E-state index is 13.9. The van der Waals surface area contributed by atoms with Crippen LogP contribution in [0.1, 0.15) is 15.9 Å². The lowest BCUT2D eigenvalue weighted by atomic mass is 9.78. The Labute approximate surface area is 119 Å². The molecule has 21 heavy (non-hydrogen) atoms. The van der Waals surface area contributed by atoms with Crippen LogP contribution in [0, 0.1) is 11.6 Å². The standard InChI is InChI=1S/C14H10BF2NO3/c16-9-2-1-3-10(5-9)18-14(19)11-6-12-8(4-13(11)17)7-21-15(12)20/h1-6,20H,7H2,(H,18,19). The summed E-state index contributed by atoms with van der Waals surface area (Å²) in [5, 5.41) is 12.0. The molecule has 2 aromatic rings. The SMILES string of the molecule is O=C(Nc1cccc(F)c1)c1cc2c(cc1F)COB2O. The second-order valence-corrected chi connectivity index (χ2v) is 4.66. The van der Waals surface area contributed by atoms with Crippen LogP contribution < -0.4 is 10.8 Å². The maximum Gasteiger partial charge on any atom is 0.491 e. The first-order valence-electron chi connectivity index (χ1n) is 6.23. The predicted octanol–water partition coefficient (Wildman–Crippen LogP) is 1.43. The summed E-state index contributed by atoms with van der Waals surface area (Å²) in [6.07, 6.45) is 0. The topological polar surface area (TPSA) is 58.6 Å². The van der Waals surface area contributed by atoms with E-state index in [-0.39, 0.29) is 17.9 Å². The van der Waals surface area contributed by atoms with E-state index in [1.165, 1.54) is 24.3 Å². The first kappa shape index (κ1) is 13.7. The fraction of sp³-hybridized carbons (Fsp3) is 0.0714. The van der Waals surface area contributed by atoms with Crippen molar-refractivity contribution in [1.29, 1.82) is 0 Å². The second kappa shape index (κ2) is 5.27. The number of anilines is 1. The average molecular weight is 289 g/mol. The zero-order valence-corrected chi connectivity index (χ0v) is 10.8. The number of rotatable bonds is 2. The number of nitrogens with one attached hydrogen (secondary N) is 1. The van der Waals surface area contributed by atoms with Gasteiger partial charge in [-0.25, -0.2) is 8.78 Å². The molecule has 0 aromatic heterocycles. The van der Waals surface area contributed by atoms with E-state index in [1.807, 2.05) is 0 Å². The summed E-state index contributed by atoms with van der Waals surface area (Å²) in [4.78, 5) is 12.1. The summed E-state index contributed by atoms with van der Waals surface area (Å²) >= 11 is 0. The molecule has 1 aliphatic heterocycles. The van der Waals surface area contributed by atoms with Gasteiger partial charge in [0.15, 0.2) is 0 Å². The summed E-state index contributed by atoms with van der Waals surface area (Å²) in [6.45, 7) is 0.0964. The van der Waals surface area contributed by atoms with Crippen LogP contribution in [-0.4, -0.2) is 18.0 Å². The van der Waals surface area contributed by atoms with Gasteiger partial charge in [-0.3, -0.25) is 4.79 Å². The number of hydrogen-bond donors (Lipinski definition) is 2. The van der Waals surface area contributed by atoms with Crippen molar-refractivity contribution >= 4 is 24.2 Å². The number of hydrogen-bond acceptors (Lipinski definition) is 3. The molecule has 2 N–H and O–H groups in total. The van der Waals surface area contributed by atoms with Crippen LogP contribution in [0.3, 0.4) is 0 Å². The molecule has 0 spiro atoms. The molecule has 0 saturated heterocycles. The molecule has 1 amide bonds. The minimum absolute atomic E-state index is 0.0964. The van der Waals surface area contributed by atoms with E-state index >= 15 is 0 Å². The Hall–Kier alpha value is -2.25. The molecule has 106 valence electrons. The summed E-state index contributed by atoms with van der Waals surface area (Å²) < 4.78 is 31.9. The van der Waals surface area contributed by atoms with E-state index < -0.39 is 24.7 Å². The van der Waals surface area contributed by atoms with Gasteiger partial charge in [0.1, 0.15) is 11.6 Å². The van der Waals surface area contributed by atoms with Gasteiger partial charge in [0.25, 0.3) is 5.91 Å². The summed E-state index contributed by atoms with van der Waals surface area (Å²) in [6, 6.07) is 7.69. The Morgan fingerprint density at radius 2 is 2.10 bits per heavy atom. The summed E-state index contributed by atoms with van der Waals surface area (Å²) in [5.41, 5.74) is 0.849. The Morgan fingerprint density at radius 1 is 1.29 bits per heavy atom. The summed E-state index contributed by atoms with van der Waals surface area (Å²) in [5.74, 6) is -1.95. The number of carbonyl (C=O) groups excluding carboxylic acids is 1. The number of carbonyl (C=O) groups is 1. The van der Waals surface area contributed by atoms with Crippen LogP contribution >= 0.6 is 0 Å². The molecule has 3 rings (SSSR count). The Morgan fingerprint density at radius 3 is 2.86 bits per heavy atom. The highest BCUT2D eigenvalue weighted by Gasteiger charge is 2.30. The lowest BCUT2D eigenvalue weighted by molar-refractivity contribution is 0.102. The highest BCUT2D eigenvalue weighted by molar-refractivity contribution is 6.61. The molecule has 7 heteroatoms. The molecule has 1 aliphatic rings. The third-order valence-electron chi connectivity index (χ3n) is 3.22. The average Bonchev–Trinajstić information content (AvgIpc) is 2.78. The van der Waals surface area contributed by atoms with Crippen LogP contribution in [0.15, 0.2) is 36.4 Å². The lowest BCUT2D eigenvalue weighted by Crippen LogP contribution is -2.30. The third-order valence-corrected chi connectivity index (χ3v) is 3.22. The molecule has 0 bridgehead atoms. The van der Waals surface area contributed by atoms with Gasteiger partial charge in [-0.15, -0.1) is 0 Å². The van der Waals surface area contributed by atoms with Crippen molar-refractivity contribution < 1.29 is 23.3 Å². The first-order chi connectivity index (χ1) is 10.0. The van der Waals surface area contributed by atoms with E-state index in [2.05, 4.69) is 5.32 Å².